The molecule has 100 valence electrons. The smallest absolute Gasteiger partial charge is 0.165 e. The van der Waals surface area contributed by atoms with Gasteiger partial charge in [-0.3, -0.25) is 4.90 Å². The Kier molecular flexibility index (Phi) is 2.86. The van der Waals surface area contributed by atoms with Gasteiger partial charge in [0.05, 0.1) is 24.1 Å². The lowest BCUT2D eigenvalue weighted by atomic mass is 10.2. The molecule has 7 nitrogen and oxygen atoms in total. The van der Waals surface area contributed by atoms with Crippen molar-refractivity contribution < 1.29 is 8.42 Å². The second-order valence-corrected chi connectivity index (χ2v) is 7.47. The summed E-state index contributed by atoms with van der Waals surface area (Å²) in [5.41, 5.74) is 0. The molecule has 0 radical (unpaired) electrons. The van der Waals surface area contributed by atoms with Crippen molar-refractivity contribution in [2.45, 2.75) is 37.9 Å². The summed E-state index contributed by atoms with van der Waals surface area (Å²) in [4.78, 5) is 2.05. The fraction of sp³-hybridized carbons (Fsp3) is 0.900. The highest BCUT2D eigenvalue weighted by Crippen LogP contribution is 2.34. The molecule has 0 bridgehead atoms. The number of hydrogen-bond acceptors (Lipinski definition) is 6. The molecule has 18 heavy (non-hydrogen) atoms. The number of aromatic nitrogens is 4. The van der Waals surface area contributed by atoms with E-state index in [0.29, 0.717) is 24.8 Å². The number of tetrazole rings is 1. The molecule has 1 aliphatic carbocycles. The molecule has 0 amide bonds. The third-order valence-corrected chi connectivity index (χ3v) is 5.43. The van der Waals surface area contributed by atoms with Gasteiger partial charge in [-0.05, 0) is 36.7 Å². The van der Waals surface area contributed by atoms with Gasteiger partial charge in [0.15, 0.2) is 15.7 Å². The number of sulfone groups is 1. The average Bonchev–Trinajstić information content (AvgIpc) is 2.94. The first kappa shape index (κ1) is 12.0. The van der Waals surface area contributed by atoms with Crippen LogP contribution in [-0.2, 0) is 16.4 Å². The Labute approximate surface area is 106 Å². The summed E-state index contributed by atoms with van der Waals surface area (Å²) in [5.74, 6) is 1.40. The van der Waals surface area contributed by atoms with Gasteiger partial charge >= 0.3 is 0 Å². The number of nitrogens with zero attached hydrogens (tertiary/aromatic N) is 5. The Morgan fingerprint density at radius 3 is 2.78 bits per heavy atom. The molecule has 0 spiro atoms. The molecule has 1 unspecified atom stereocenters. The highest BCUT2D eigenvalue weighted by Gasteiger charge is 2.32. The molecular formula is C10H17N5O2S. The zero-order valence-electron chi connectivity index (χ0n) is 10.4. The maximum absolute atomic E-state index is 11.5. The topological polar surface area (TPSA) is 81.0 Å². The standard InChI is InChI=1S/C10H17N5O2S/c1-14(9-4-5-18(16,17)7-9)6-10-11-12-13-15(10)8-2-3-8/h8-9H,2-7H2,1H3. The van der Waals surface area contributed by atoms with E-state index in [1.807, 2.05) is 11.7 Å². The first-order chi connectivity index (χ1) is 8.55. The molecule has 0 N–H and O–H groups in total. The summed E-state index contributed by atoms with van der Waals surface area (Å²) in [6, 6.07) is 0.551. The Balaban J connectivity index is 1.67. The van der Waals surface area contributed by atoms with Crippen LogP contribution in [0.5, 0.6) is 0 Å². The van der Waals surface area contributed by atoms with Crippen LogP contribution in [0.2, 0.25) is 0 Å². The Hall–Kier alpha value is -1.02. The largest absolute Gasteiger partial charge is 0.295 e. The molecule has 0 aromatic carbocycles. The van der Waals surface area contributed by atoms with E-state index in [1.54, 1.807) is 0 Å². The van der Waals surface area contributed by atoms with Crippen molar-refractivity contribution >= 4 is 9.84 Å². The molecule has 1 aliphatic heterocycles. The second kappa shape index (κ2) is 4.27. The van der Waals surface area contributed by atoms with Gasteiger partial charge in [0.2, 0.25) is 0 Å². The fourth-order valence-corrected chi connectivity index (χ4v) is 4.20. The fourth-order valence-electron chi connectivity index (χ4n) is 2.39. The minimum Gasteiger partial charge on any atom is -0.295 e. The molecule has 8 heteroatoms. The Morgan fingerprint density at radius 1 is 1.39 bits per heavy atom. The van der Waals surface area contributed by atoms with E-state index >= 15 is 0 Å². The van der Waals surface area contributed by atoms with Gasteiger partial charge in [0.25, 0.3) is 0 Å². The molecule has 1 aromatic heterocycles. The first-order valence-electron chi connectivity index (χ1n) is 6.22. The summed E-state index contributed by atoms with van der Waals surface area (Å²) in [6.45, 7) is 0.615. The molecule has 1 saturated carbocycles. The predicted molar refractivity (Wildman–Crippen MR) is 64.6 cm³/mol. The molecule has 1 saturated heterocycles. The van der Waals surface area contributed by atoms with Crippen LogP contribution in [0, 0.1) is 0 Å². The summed E-state index contributed by atoms with van der Waals surface area (Å²) in [7, 11) is -0.892. The number of hydrogen-bond donors (Lipinski definition) is 0. The Morgan fingerprint density at radius 2 is 2.17 bits per heavy atom. The van der Waals surface area contributed by atoms with Crippen molar-refractivity contribution in [3.8, 4) is 0 Å². The van der Waals surface area contributed by atoms with E-state index in [1.165, 1.54) is 0 Å². The van der Waals surface area contributed by atoms with E-state index in [2.05, 4.69) is 20.4 Å². The summed E-state index contributed by atoms with van der Waals surface area (Å²) >= 11 is 0. The second-order valence-electron chi connectivity index (χ2n) is 5.24. The highest BCUT2D eigenvalue weighted by molar-refractivity contribution is 7.91. The zero-order valence-corrected chi connectivity index (χ0v) is 11.2. The zero-order chi connectivity index (χ0) is 12.8. The minimum atomic E-state index is -2.83. The third kappa shape index (κ3) is 2.39. The number of rotatable bonds is 4. The molecule has 2 aliphatic rings. The predicted octanol–water partition coefficient (Wildman–Crippen LogP) is -0.373. The van der Waals surface area contributed by atoms with E-state index in [9.17, 15) is 8.42 Å². The minimum absolute atomic E-state index is 0.0966. The summed E-state index contributed by atoms with van der Waals surface area (Å²) < 4.78 is 24.8. The quantitative estimate of drug-likeness (QED) is 0.743. The first-order valence-corrected chi connectivity index (χ1v) is 8.05. The van der Waals surface area contributed by atoms with Crippen LogP contribution in [0.4, 0.5) is 0 Å². The molecule has 1 aromatic rings. The maximum Gasteiger partial charge on any atom is 0.165 e. The normalized spacial score (nSPS) is 26.9. The van der Waals surface area contributed by atoms with E-state index in [0.717, 1.165) is 18.7 Å². The van der Waals surface area contributed by atoms with Gasteiger partial charge < -0.3 is 0 Å². The van der Waals surface area contributed by atoms with Crippen molar-refractivity contribution in [2.75, 3.05) is 18.6 Å². The van der Waals surface area contributed by atoms with Crippen molar-refractivity contribution in [1.29, 1.82) is 0 Å². The average molecular weight is 271 g/mol. The van der Waals surface area contributed by atoms with Gasteiger partial charge in [0.1, 0.15) is 0 Å². The highest BCUT2D eigenvalue weighted by atomic mass is 32.2. The lowest BCUT2D eigenvalue weighted by Gasteiger charge is -2.22. The van der Waals surface area contributed by atoms with Gasteiger partial charge in [-0.1, -0.05) is 0 Å². The van der Waals surface area contributed by atoms with E-state index in [-0.39, 0.29) is 11.8 Å². The molecule has 2 heterocycles. The van der Waals surface area contributed by atoms with E-state index in [4.69, 9.17) is 0 Å². The van der Waals surface area contributed by atoms with Crippen molar-refractivity contribution in [1.82, 2.24) is 25.1 Å². The molecular weight excluding hydrogens is 254 g/mol. The van der Waals surface area contributed by atoms with Crippen LogP contribution < -0.4 is 0 Å². The maximum atomic E-state index is 11.5. The van der Waals surface area contributed by atoms with Crippen molar-refractivity contribution in [2.24, 2.45) is 0 Å². The van der Waals surface area contributed by atoms with Crippen molar-refractivity contribution in [3.05, 3.63) is 5.82 Å². The summed E-state index contributed by atoms with van der Waals surface area (Å²) in [6.07, 6.45) is 2.99. The van der Waals surface area contributed by atoms with Gasteiger partial charge in [-0.15, -0.1) is 5.10 Å². The van der Waals surface area contributed by atoms with E-state index < -0.39 is 9.84 Å². The lowest BCUT2D eigenvalue weighted by molar-refractivity contribution is 0.243. The van der Waals surface area contributed by atoms with Crippen LogP contribution in [0.15, 0.2) is 0 Å². The van der Waals surface area contributed by atoms with Gasteiger partial charge in [-0.2, -0.15) is 0 Å². The van der Waals surface area contributed by atoms with Crippen LogP contribution in [-0.4, -0.2) is 58.1 Å². The lowest BCUT2D eigenvalue weighted by Crippen LogP contribution is -2.33. The third-order valence-electron chi connectivity index (χ3n) is 3.68. The molecule has 2 fully saturated rings. The van der Waals surface area contributed by atoms with Crippen LogP contribution in [0.3, 0.4) is 0 Å². The summed E-state index contributed by atoms with van der Waals surface area (Å²) in [5, 5.41) is 11.7. The molecule has 1 atom stereocenters. The molecule has 3 rings (SSSR count). The van der Waals surface area contributed by atoms with Crippen LogP contribution in [0.25, 0.3) is 0 Å². The van der Waals surface area contributed by atoms with Crippen LogP contribution >= 0.6 is 0 Å². The van der Waals surface area contributed by atoms with Gasteiger partial charge in [-0.25, -0.2) is 13.1 Å². The SMILES string of the molecule is CN(Cc1nnnn1C1CC1)C1CCS(=O)(=O)C1. The van der Waals surface area contributed by atoms with Gasteiger partial charge in [0, 0.05) is 6.04 Å². The monoisotopic (exact) mass is 271 g/mol. The Bertz CT molecular complexity index is 536. The van der Waals surface area contributed by atoms with Crippen LogP contribution in [0.1, 0.15) is 31.1 Å². The van der Waals surface area contributed by atoms with Crippen molar-refractivity contribution in [3.63, 3.8) is 0 Å².